The van der Waals surface area contributed by atoms with Gasteiger partial charge in [0.15, 0.2) is 0 Å². The van der Waals surface area contributed by atoms with Crippen molar-refractivity contribution in [1.82, 2.24) is 10.2 Å². The summed E-state index contributed by atoms with van der Waals surface area (Å²) in [5.41, 5.74) is 1.33. The topological polar surface area (TPSA) is 15.3 Å². The molecule has 1 N–H and O–H groups in total. The quantitative estimate of drug-likeness (QED) is 0.935. The van der Waals surface area contributed by atoms with Gasteiger partial charge in [-0.05, 0) is 17.7 Å². The molecule has 102 valence electrons. The van der Waals surface area contributed by atoms with Crippen molar-refractivity contribution < 1.29 is 0 Å². The molecule has 0 aliphatic carbocycles. The number of nitrogens with zero attached hydrogens (tertiary/aromatic N) is 1. The van der Waals surface area contributed by atoms with Gasteiger partial charge >= 0.3 is 0 Å². The fourth-order valence-corrected chi connectivity index (χ4v) is 3.37. The zero-order valence-corrected chi connectivity index (χ0v) is 12.5. The second-order valence-electron chi connectivity index (χ2n) is 4.66. The molecule has 2 aromatic rings. The van der Waals surface area contributed by atoms with Crippen molar-refractivity contribution in [1.29, 1.82) is 0 Å². The van der Waals surface area contributed by atoms with Crippen molar-refractivity contribution in [2.24, 2.45) is 0 Å². The number of hydrogen-bond donors (Lipinski definition) is 1. The summed E-state index contributed by atoms with van der Waals surface area (Å²) < 4.78 is 0. The van der Waals surface area contributed by atoms with E-state index in [0.717, 1.165) is 19.6 Å². The van der Waals surface area contributed by atoms with Gasteiger partial charge in [0.25, 0.3) is 0 Å². The van der Waals surface area contributed by atoms with Crippen LogP contribution in [0.15, 0.2) is 42.5 Å². The molecule has 0 bridgehead atoms. The number of rotatable bonds is 3. The van der Waals surface area contributed by atoms with Gasteiger partial charge in [0, 0.05) is 42.5 Å². The van der Waals surface area contributed by atoms with Crippen LogP contribution in [0.4, 0.5) is 0 Å². The van der Waals surface area contributed by atoms with Crippen LogP contribution in [-0.4, -0.2) is 31.1 Å². The maximum atomic E-state index is 3.39. The summed E-state index contributed by atoms with van der Waals surface area (Å²) in [4.78, 5) is 5.37. The van der Waals surface area contributed by atoms with Crippen molar-refractivity contribution in [2.45, 2.75) is 6.54 Å². The number of benzene rings is 1. The second kappa shape index (κ2) is 7.06. The lowest BCUT2D eigenvalue weighted by molar-refractivity contribution is 0.235. The molecule has 2 heterocycles. The molecular formula is C15H19ClN2S. The Morgan fingerprint density at radius 3 is 2.47 bits per heavy atom. The van der Waals surface area contributed by atoms with E-state index < -0.39 is 0 Å². The van der Waals surface area contributed by atoms with Gasteiger partial charge in [0.2, 0.25) is 0 Å². The first-order chi connectivity index (χ1) is 8.92. The molecule has 0 unspecified atom stereocenters. The predicted molar refractivity (Wildman–Crippen MR) is 85.1 cm³/mol. The molecule has 1 aliphatic heterocycles. The van der Waals surface area contributed by atoms with Gasteiger partial charge in [-0.1, -0.05) is 30.3 Å². The molecule has 1 aromatic heterocycles. The number of nitrogens with one attached hydrogen (secondary N) is 1. The summed E-state index contributed by atoms with van der Waals surface area (Å²) >= 11 is 1.92. The van der Waals surface area contributed by atoms with Gasteiger partial charge in [-0.3, -0.25) is 4.90 Å². The molecule has 0 amide bonds. The smallest absolute Gasteiger partial charge is 0.0346 e. The van der Waals surface area contributed by atoms with Crippen LogP contribution in [-0.2, 0) is 6.54 Å². The highest BCUT2D eigenvalue weighted by Crippen LogP contribution is 2.28. The van der Waals surface area contributed by atoms with E-state index in [1.54, 1.807) is 0 Å². The summed E-state index contributed by atoms with van der Waals surface area (Å²) in [5, 5.41) is 3.39. The number of piperazine rings is 1. The third-order valence-electron chi connectivity index (χ3n) is 3.31. The monoisotopic (exact) mass is 294 g/mol. The molecule has 0 saturated carbocycles. The lowest BCUT2D eigenvalue weighted by atomic mass is 10.2. The molecule has 1 fully saturated rings. The Kier molecular flexibility index (Phi) is 5.40. The van der Waals surface area contributed by atoms with Gasteiger partial charge in [0.05, 0.1) is 0 Å². The van der Waals surface area contributed by atoms with E-state index in [-0.39, 0.29) is 12.4 Å². The fraction of sp³-hybridized carbons (Fsp3) is 0.333. The highest BCUT2D eigenvalue weighted by Gasteiger charge is 2.11. The highest BCUT2D eigenvalue weighted by molar-refractivity contribution is 7.15. The van der Waals surface area contributed by atoms with Gasteiger partial charge in [-0.25, -0.2) is 0 Å². The first kappa shape index (κ1) is 14.5. The summed E-state index contributed by atoms with van der Waals surface area (Å²) in [5.74, 6) is 0. The van der Waals surface area contributed by atoms with Crippen LogP contribution < -0.4 is 5.32 Å². The zero-order chi connectivity index (χ0) is 12.2. The average Bonchev–Trinajstić information content (AvgIpc) is 2.89. The Hall–Kier alpha value is -0.870. The number of hydrogen-bond acceptors (Lipinski definition) is 3. The van der Waals surface area contributed by atoms with Crippen LogP contribution in [0.1, 0.15) is 4.88 Å². The Balaban J connectivity index is 0.00000133. The van der Waals surface area contributed by atoms with E-state index in [0.29, 0.717) is 0 Å². The summed E-state index contributed by atoms with van der Waals surface area (Å²) in [6.07, 6.45) is 0. The van der Waals surface area contributed by atoms with Crippen LogP contribution >= 0.6 is 23.7 Å². The predicted octanol–water partition coefficient (Wildman–Crippen LogP) is 3.24. The Labute approximate surface area is 124 Å². The van der Waals surface area contributed by atoms with E-state index in [9.17, 15) is 0 Å². The van der Waals surface area contributed by atoms with Gasteiger partial charge in [0.1, 0.15) is 0 Å². The standard InChI is InChI=1S/C15H18N2S.ClH/c1-2-4-13(5-3-1)15-7-6-14(18-15)12-17-10-8-16-9-11-17;/h1-7,16H,8-12H2;1H. The Morgan fingerprint density at radius 1 is 1.00 bits per heavy atom. The number of halogens is 1. The Morgan fingerprint density at radius 2 is 1.74 bits per heavy atom. The van der Waals surface area contributed by atoms with E-state index in [2.05, 4.69) is 52.7 Å². The van der Waals surface area contributed by atoms with Crippen LogP contribution in [0.3, 0.4) is 0 Å². The van der Waals surface area contributed by atoms with Gasteiger partial charge in [-0.2, -0.15) is 0 Å². The van der Waals surface area contributed by atoms with E-state index in [1.165, 1.54) is 28.4 Å². The minimum absolute atomic E-state index is 0. The van der Waals surface area contributed by atoms with Crippen molar-refractivity contribution in [3.8, 4) is 10.4 Å². The van der Waals surface area contributed by atoms with Crippen LogP contribution in [0, 0.1) is 0 Å². The van der Waals surface area contributed by atoms with Crippen molar-refractivity contribution in [2.75, 3.05) is 26.2 Å². The SMILES string of the molecule is Cl.c1ccc(-c2ccc(CN3CCNCC3)s2)cc1. The normalized spacial score (nSPS) is 16.0. The highest BCUT2D eigenvalue weighted by atomic mass is 35.5. The molecule has 19 heavy (non-hydrogen) atoms. The first-order valence-electron chi connectivity index (χ1n) is 6.49. The third-order valence-corrected chi connectivity index (χ3v) is 4.43. The van der Waals surface area contributed by atoms with E-state index in [1.807, 2.05) is 11.3 Å². The minimum atomic E-state index is 0. The summed E-state index contributed by atoms with van der Waals surface area (Å²) in [6, 6.07) is 15.2. The lowest BCUT2D eigenvalue weighted by Crippen LogP contribution is -2.42. The number of thiophene rings is 1. The van der Waals surface area contributed by atoms with E-state index in [4.69, 9.17) is 0 Å². The van der Waals surface area contributed by atoms with Crippen molar-refractivity contribution in [3.63, 3.8) is 0 Å². The molecule has 0 radical (unpaired) electrons. The second-order valence-corrected chi connectivity index (χ2v) is 5.83. The Bertz CT molecular complexity index is 492. The third kappa shape index (κ3) is 3.80. The first-order valence-corrected chi connectivity index (χ1v) is 7.31. The lowest BCUT2D eigenvalue weighted by Gasteiger charge is -2.26. The molecule has 1 aliphatic rings. The molecule has 0 atom stereocenters. The maximum Gasteiger partial charge on any atom is 0.0346 e. The van der Waals surface area contributed by atoms with Crippen LogP contribution in [0.5, 0.6) is 0 Å². The molecular weight excluding hydrogens is 276 g/mol. The summed E-state index contributed by atoms with van der Waals surface area (Å²) in [6.45, 7) is 5.67. The molecule has 2 nitrogen and oxygen atoms in total. The zero-order valence-electron chi connectivity index (χ0n) is 10.8. The van der Waals surface area contributed by atoms with Crippen molar-refractivity contribution in [3.05, 3.63) is 47.3 Å². The van der Waals surface area contributed by atoms with Gasteiger partial charge < -0.3 is 5.32 Å². The van der Waals surface area contributed by atoms with Crippen LogP contribution in [0.25, 0.3) is 10.4 Å². The maximum absolute atomic E-state index is 3.39. The van der Waals surface area contributed by atoms with E-state index >= 15 is 0 Å². The molecule has 3 rings (SSSR count). The molecule has 1 saturated heterocycles. The fourth-order valence-electron chi connectivity index (χ4n) is 2.31. The molecule has 4 heteroatoms. The minimum Gasteiger partial charge on any atom is -0.314 e. The van der Waals surface area contributed by atoms with Crippen LogP contribution in [0.2, 0.25) is 0 Å². The average molecular weight is 295 g/mol. The summed E-state index contributed by atoms with van der Waals surface area (Å²) in [7, 11) is 0. The molecule has 1 aromatic carbocycles. The molecule has 0 spiro atoms. The van der Waals surface area contributed by atoms with Crippen molar-refractivity contribution >= 4 is 23.7 Å². The van der Waals surface area contributed by atoms with Gasteiger partial charge in [-0.15, -0.1) is 23.7 Å². The largest absolute Gasteiger partial charge is 0.314 e.